The summed E-state index contributed by atoms with van der Waals surface area (Å²) in [5, 5.41) is 10.0. The summed E-state index contributed by atoms with van der Waals surface area (Å²) in [6.07, 6.45) is 9.38. The average molecular weight is 683 g/mol. The summed E-state index contributed by atoms with van der Waals surface area (Å²) in [6.45, 7) is 4.30. The van der Waals surface area contributed by atoms with Crippen molar-refractivity contribution in [1.82, 2.24) is 4.57 Å². The maximum Gasteiger partial charge on any atom is 0.0562 e. The van der Waals surface area contributed by atoms with Crippen LogP contribution in [0, 0.1) is 0 Å². The van der Waals surface area contributed by atoms with Gasteiger partial charge in [0.25, 0.3) is 0 Å². The molecule has 0 saturated heterocycles. The van der Waals surface area contributed by atoms with Gasteiger partial charge in [-0.1, -0.05) is 134 Å². The molecule has 2 heterocycles. The Labute approximate surface area is 307 Å². The van der Waals surface area contributed by atoms with Gasteiger partial charge < -0.3 is 9.47 Å². The van der Waals surface area contributed by atoms with Crippen LogP contribution in [0.15, 0.2) is 198 Å². The number of benzene rings is 8. The molecule has 1 aromatic heterocycles. The molecule has 10 rings (SSSR count). The molecule has 0 unspecified atom stereocenters. The van der Waals surface area contributed by atoms with Gasteiger partial charge in [0.05, 0.1) is 16.7 Å². The molecule has 0 bridgehead atoms. The van der Waals surface area contributed by atoms with Gasteiger partial charge in [-0.15, -0.1) is 0 Å². The first-order valence-corrected chi connectivity index (χ1v) is 18.6. The third-order valence-electron chi connectivity index (χ3n) is 10.3. The Morgan fingerprint density at radius 3 is 2.12 bits per heavy atom. The number of nitrogens with zero attached hydrogens (tertiary/aromatic N) is 2. The quantitative estimate of drug-likeness (QED) is 0.171. The molecule has 0 saturated carbocycles. The van der Waals surface area contributed by atoms with Gasteiger partial charge in [0.2, 0.25) is 0 Å². The highest BCUT2D eigenvalue weighted by Crippen LogP contribution is 2.46. The first kappa shape index (κ1) is 30.5. The van der Waals surface area contributed by atoms with Gasteiger partial charge in [-0.2, -0.15) is 0 Å². The molecular formula is C49H34N2S. The number of hydrogen-bond acceptors (Lipinski definition) is 2. The lowest BCUT2D eigenvalue weighted by Crippen LogP contribution is -2.11. The third-order valence-corrected chi connectivity index (χ3v) is 11.3. The molecule has 0 spiro atoms. The molecule has 0 atom stereocenters. The van der Waals surface area contributed by atoms with Crippen molar-refractivity contribution >= 4 is 82.9 Å². The zero-order valence-electron chi connectivity index (χ0n) is 28.5. The van der Waals surface area contributed by atoms with Crippen molar-refractivity contribution in [2.45, 2.75) is 11.3 Å². The molecule has 0 aliphatic carbocycles. The zero-order chi connectivity index (χ0) is 34.6. The second kappa shape index (κ2) is 12.5. The topological polar surface area (TPSA) is 8.17 Å². The van der Waals surface area contributed by atoms with Crippen LogP contribution in [-0.4, -0.2) is 4.57 Å². The second-order valence-electron chi connectivity index (χ2n) is 13.4. The second-order valence-corrected chi connectivity index (χ2v) is 14.6. The molecule has 1 aliphatic heterocycles. The van der Waals surface area contributed by atoms with Crippen LogP contribution in [-0.2, 0) is 6.42 Å². The lowest BCUT2D eigenvalue weighted by molar-refractivity contribution is 1.16. The molecule has 9 aromatic rings. The largest absolute Gasteiger partial charge is 0.310 e. The van der Waals surface area contributed by atoms with Crippen LogP contribution in [0.1, 0.15) is 5.56 Å². The van der Waals surface area contributed by atoms with Crippen molar-refractivity contribution < 1.29 is 0 Å². The average Bonchev–Trinajstić information content (AvgIpc) is 3.57. The molecule has 0 fully saturated rings. The fraction of sp³-hybridized carbons (Fsp3) is 0.0204. The summed E-state index contributed by atoms with van der Waals surface area (Å²) in [6, 6.07) is 57.9. The van der Waals surface area contributed by atoms with E-state index in [4.69, 9.17) is 0 Å². The van der Waals surface area contributed by atoms with Crippen molar-refractivity contribution in [2.75, 3.05) is 4.90 Å². The Balaban J connectivity index is 1.24. The van der Waals surface area contributed by atoms with Crippen LogP contribution in [0.25, 0.3) is 59.8 Å². The maximum atomic E-state index is 4.30. The Bertz CT molecular complexity index is 2930. The highest BCUT2D eigenvalue weighted by molar-refractivity contribution is 8.03. The van der Waals surface area contributed by atoms with E-state index < -0.39 is 0 Å². The lowest BCUT2D eigenvalue weighted by Gasteiger charge is -2.28. The van der Waals surface area contributed by atoms with Crippen LogP contribution in [0.2, 0.25) is 0 Å². The van der Waals surface area contributed by atoms with E-state index in [0.717, 1.165) is 34.1 Å². The van der Waals surface area contributed by atoms with Crippen molar-refractivity contribution in [3.8, 4) is 5.69 Å². The van der Waals surface area contributed by atoms with Gasteiger partial charge in [-0.3, -0.25) is 0 Å². The Hall–Kier alpha value is -6.29. The van der Waals surface area contributed by atoms with Gasteiger partial charge >= 0.3 is 0 Å². The van der Waals surface area contributed by atoms with Crippen molar-refractivity contribution in [3.63, 3.8) is 0 Å². The molecule has 0 amide bonds. The molecule has 246 valence electrons. The fourth-order valence-corrected chi connectivity index (χ4v) is 8.84. The monoisotopic (exact) mass is 682 g/mol. The van der Waals surface area contributed by atoms with Gasteiger partial charge in [0.15, 0.2) is 0 Å². The number of hydrogen-bond donors (Lipinski definition) is 0. The molecular weight excluding hydrogens is 649 g/mol. The maximum absolute atomic E-state index is 4.30. The standard InChI is InChI=1S/C49H34N2S/c1-33-13-4-2-5-15-36-32-39(26-30-48(36)52-33)50(38-25-29-41-35(31-38)24-28-42-40-18-9-8-14-34(40)23-27-43(41)42)46-21-12-22-47-49(46)44-19-10-11-20-45(44)51(47)37-16-6-3-7-17-37/h2-14,16-32H,1,15H2/b5-2-,13-4-. The summed E-state index contributed by atoms with van der Waals surface area (Å²) in [7, 11) is 0. The molecule has 8 aromatic carbocycles. The molecule has 0 N–H and O–H groups in total. The number of aromatic nitrogens is 1. The van der Waals surface area contributed by atoms with E-state index in [1.54, 1.807) is 11.8 Å². The first-order valence-electron chi connectivity index (χ1n) is 17.8. The normalized spacial score (nSPS) is 14.3. The predicted molar refractivity (Wildman–Crippen MR) is 225 cm³/mol. The van der Waals surface area contributed by atoms with Crippen LogP contribution in [0.4, 0.5) is 17.1 Å². The van der Waals surface area contributed by atoms with Crippen molar-refractivity contribution in [1.29, 1.82) is 0 Å². The van der Waals surface area contributed by atoms with E-state index in [9.17, 15) is 0 Å². The van der Waals surface area contributed by atoms with Crippen LogP contribution in [0.5, 0.6) is 0 Å². The number of thioether (sulfide) groups is 1. The molecule has 2 nitrogen and oxygen atoms in total. The molecule has 1 aliphatic rings. The highest BCUT2D eigenvalue weighted by Gasteiger charge is 2.22. The van der Waals surface area contributed by atoms with E-state index in [2.05, 4.69) is 198 Å². The summed E-state index contributed by atoms with van der Waals surface area (Å²) < 4.78 is 2.40. The number of anilines is 3. The minimum absolute atomic E-state index is 0.844. The minimum Gasteiger partial charge on any atom is -0.310 e. The van der Waals surface area contributed by atoms with Crippen LogP contribution < -0.4 is 4.90 Å². The molecule has 52 heavy (non-hydrogen) atoms. The van der Waals surface area contributed by atoms with Crippen LogP contribution in [0.3, 0.4) is 0 Å². The smallest absolute Gasteiger partial charge is 0.0562 e. The van der Waals surface area contributed by atoms with E-state index in [1.165, 1.54) is 64.6 Å². The number of para-hydroxylation sites is 2. The van der Waals surface area contributed by atoms with E-state index in [0.29, 0.717) is 0 Å². The predicted octanol–water partition coefficient (Wildman–Crippen LogP) is 14.0. The van der Waals surface area contributed by atoms with Crippen LogP contribution >= 0.6 is 11.8 Å². The summed E-state index contributed by atoms with van der Waals surface area (Å²) >= 11 is 1.74. The number of allylic oxidation sites excluding steroid dienone is 4. The SMILES string of the molecule is C=C1/C=C\C=C/Cc2cc(N(c3ccc4c(ccc5c6ccccc6ccc45)c3)c3cccc4c3c3ccccc3n4-c3ccccc3)ccc2S1. The van der Waals surface area contributed by atoms with E-state index in [-0.39, 0.29) is 0 Å². The number of fused-ring (bicyclic) bond motifs is 9. The minimum atomic E-state index is 0.844. The third kappa shape index (κ3) is 5.05. The van der Waals surface area contributed by atoms with E-state index >= 15 is 0 Å². The van der Waals surface area contributed by atoms with Crippen molar-refractivity contribution in [3.05, 3.63) is 199 Å². The highest BCUT2D eigenvalue weighted by atomic mass is 32.2. The Morgan fingerprint density at radius 2 is 1.23 bits per heavy atom. The Morgan fingerprint density at radius 1 is 0.538 bits per heavy atom. The zero-order valence-corrected chi connectivity index (χ0v) is 29.4. The van der Waals surface area contributed by atoms with Crippen molar-refractivity contribution in [2.24, 2.45) is 0 Å². The molecule has 3 heteroatoms. The molecule has 0 radical (unpaired) electrons. The van der Waals surface area contributed by atoms with Gasteiger partial charge in [-0.05, 0) is 111 Å². The summed E-state index contributed by atoms with van der Waals surface area (Å²) in [5.74, 6) is 0. The lowest BCUT2D eigenvalue weighted by atomic mass is 9.96. The Kier molecular flexibility index (Phi) is 7.33. The van der Waals surface area contributed by atoms with Gasteiger partial charge in [0, 0.05) is 37.6 Å². The number of rotatable bonds is 4. The first-order chi connectivity index (χ1) is 25.7. The fourth-order valence-electron chi connectivity index (χ4n) is 8.00. The van der Waals surface area contributed by atoms with Gasteiger partial charge in [0.1, 0.15) is 0 Å². The van der Waals surface area contributed by atoms with Gasteiger partial charge in [-0.25, -0.2) is 0 Å². The summed E-state index contributed by atoms with van der Waals surface area (Å²) in [5.41, 5.74) is 8.19. The van der Waals surface area contributed by atoms with E-state index in [1.807, 2.05) is 0 Å². The summed E-state index contributed by atoms with van der Waals surface area (Å²) in [4.78, 5) is 4.73.